The van der Waals surface area contributed by atoms with Crippen LogP contribution in [0, 0.1) is 17.2 Å². The van der Waals surface area contributed by atoms with E-state index >= 15 is 0 Å². The van der Waals surface area contributed by atoms with Gasteiger partial charge in [0, 0.05) is 37.6 Å². The third-order valence-electron chi connectivity index (χ3n) is 4.70. The number of hydrogen-bond acceptors (Lipinski definition) is 4. The molecule has 1 unspecified atom stereocenters. The fraction of sp³-hybridized carbons (Fsp3) is 0.765. The zero-order chi connectivity index (χ0) is 17.9. The molecule has 2 aliphatic rings. The van der Waals surface area contributed by atoms with Gasteiger partial charge in [-0.15, -0.1) is 0 Å². The lowest BCUT2D eigenvalue weighted by Gasteiger charge is -2.35. The summed E-state index contributed by atoms with van der Waals surface area (Å²) in [5.74, 6) is -0.442. The molecule has 0 aromatic rings. The van der Waals surface area contributed by atoms with E-state index in [0.717, 1.165) is 0 Å². The summed E-state index contributed by atoms with van der Waals surface area (Å²) in [6.07, 6.45) is 1.53. The van der Waals surface area contributed by atoms with Crippen LogP contribution in [0.15, 0.2) is 0 Å². The fourth-order valence-electron chi connectivity index (χ4n) is 3.37. The van der Waals surface area contributed by atoms with Crippen molar-refractivity contribution in [3.8, 4) is 6.07 Å². The van der Waals surface area contributed by atoms with Gasteiger partial charge in [-0.05, 0) is 33.6 Å². The molecule has 7 nitrogen and oxygen atoms in total. The third kappa shape index (κ3) is 4.25. The molecule has 2 aliphatic heterocycles. The van der Waals surface area contributed by atoms with E-state index in [9.17, 15) is 14.4 Å². The van der Waals surface area contributed by atoms with Crippen molar-refractivity contribution in [2.75, 3.05) is 19.6 Å². The molecule has 0 aromatic heterocycles. The maximum absolute atomic E-state index is 12.7. The van der Waals surface area contributed by atoms with E-state index < -0.39 is 0 Å². The summed E-state index contributed by atoms with van der Waals surface area (Å²) in [6.45, 7) is 7.58. The van der Waals surface area contributed by atoms with Crippen LogP contribution in [0.5, 0.6) is 0 Å². The maximum atomic E-state index is 12.7. The minimum absolute atomic E-state index is 0.0196. The van der Waals surface area contributed by atoms with Gasteiger partial charge in [-0.2, -0.15) is 5.26 Å². The number of likely N-dealkylation sites (tertiary alicyclic amines) is 2. The normalized spacial score (nSPS) is 22.4. The van der Waals surface area contributed by atoms with Crippen molar-refractivity contribution in [2.45, 2.75) is 58.0 Å². The van der Waals surface area contributed by atoms with Gasteiger partial charge in [0.2, 0.25) is 17.7 Å². The van der Waals surface area contributed by atoms with Crippen molar-refractivity contribution in [2.24, 2.45) is 5.92 Å². The van der Waals surface area contributed by atoms with Crippen molar-refractivity contribution in [1.29, 1.82) is 5.26 Å². The Labute approximate surface area is 143 Å². The van der Waals surface area contributed by atoms with Crippen molar-refractivity contribution >= 4 is 17.7 Å². The second-order valence-electron chi connectivity index (χ2n) is 7.58. The standard InChI is InChI=1S/C17H26N4O3/c1-17(2,3)21-11-12(10-15(21)23)16(24)20-8-5-13(6-9-20)19-14(22)4-7-18/h12-13H,4-6,8-11H2,1-3H3,(H,19,22). The van der Waals surface area contributed by atoms with E-state index in [4.69, 9.17) is 5.26 Å². The first-order valence-electron chi connectivity index (χ1n) is 8.48. The quantitative estimate of drug-likeness (QED) is 0.820. The fourth-order valence-corrected chi connectivity index (χ4v) is 3.37. The van der Waals surface area contributed by atoms with Gasteiger partial charge in [-0.3, -0.25) is 14.4 Å². The molecule has 3 amide bonds. The summed E-state index contributed by atoms with van der Waals surface area (Å²) < 4.78 is 0. The van der Waals surface area contributed by atoms with Gasteiger partial charge in [0.25, 0.3) is 0 Å². The Balaban J connectivity index is 1.84. The highest BCUT2D eigenvalue weighted by Crippen LogP contribution is 2.27. The van der Waals surface area contributed by atoms with E-state index in [1.807, 2.05) is 26.8 Å². The summed E-state index contributed by atoms with van der Waals surface area (Å²) in [7, 11) is 0. The summed E-state index contributed by atoms with van der Waals surface area (Å²) in [4.78, 5) is 39.8. The monoisotopic (exact) mass is 334 g/mol. The number of nitriles is 1. The first-order valence-corrected chi connectivity index (χ1v) is 8.48. The number of hydrogen-bond donors (Lipinski definition) is 1. The van der Waals surface area contributed by atoms with Gasteiger partial charge in [-0.25, -0.2) is 0 Å². The lowest BCUT2D eigenvalue weighted by molar-refractivity contribution is -0.137. The Bertz CT molecular complexity index is 553. The average Bonchev–Trinajstić information content (AvgIpc) is 2.89. The third-order valence-corrected chi connectivity index (χ3v) is 4.70. The molecule has 0 aromatic carbocycles. The second-order valence-corrected chi connectivity index (χ2v) is 7.58. The number of amides is 3. The van der Waals surface area contributed by atoms with Gasteiger partial charge < -0.3 is 15.1 Å². The maximum Gasteiger partial charge on any atom is 0.234 e. The zero-order valence-electron chi connectivity index (χ0n) is 14.7. The Morgan fingerprint density at radius 3 is 2.42 bits per heavy atom. The van der Waals surface area contributed by atoms with Crippen LogP contribution >= 0.6 is 0 Å². The van der Waals surface area contributed by atoms with Gasteiger partial charge in [0.15, 0.2) is 0 Å². The predicted molar refractivity (Wildman–Crippen MR) is 87.5 cm³/mol. The number of carbonyl (C=O) groups excluding carboxylic acids is 3. The first kappa shape index (κ1) is 18.2. The summed E-state index contributed by atoms with van der Waals surface area (Å²) in [5.41, 5.74) is -0.260. The summed E-state index contributed by atoms with van der Waals surface area (Å²) in [5, 5.41) is 11.3. The second kappa shape index (κ2) is 7.20. The van der Waals surface area contributed by atoms with Crippen LogP contribution in [0.1, 0.15) is 46.5 Å². The molecule has 2 saturated heterocycles. The van der Waals surface area contributed by atoms with E-state index in [1.54, 1.807) is 9.80 Å². The average molecular weight is 334 g/mol. The van der Waals surface area contributed by atoms with Gasteiger partial charge in [0.05, 0.1) is 12.0 Å². The Hall–Kier alpha value is -2.10. The molecule has 0 bridgehead atoms. The Morgan fingerprint density at radius 1 is 1.29 bits per heavy atom. The highest BCUT2D eigenvalue weighted by molar-refractivity contribution is 5.89. The predicted octanol–water partition coefficient (Wildman–Crippen LogP) is 0.654. The molecule has 7 heteroatoms. The number of nitrogens with zero attached hydrogens (tertiary/aromatic N) is 3. The summed E-state index contributed by atoms with van der Waals surface area (Å²) in [6, 6.07) is 1.85. The lowest BCUT2D eigenvalue weighted by Crippen LogP contribution is -2.48. The molecule has 0 aliphatic carbocycles. The van der Waals surface area contributed by atoms with Crippen LogP contribution in [0.4, 0.5) is 0 Å². The minimum Gasteiger partial charge on any atom is -0.352 e. The van der Waals surface area contributed by atoms with Crippen molar-refractivity contribution < 1.29 is 14.4 Å². The van der Waals surface area contributed by atoms with Crippen LogP contribution in [-0.2, 0) is 14.4 Å². The van der Waals surface area contributed by atoms with Crippen LogP contribution < -0.4 is 5.32 Å². The smallest absolute Gasteiger partial charge is 0.234 e. The minimum atomic E-state index is -0.263. The first-order chi connectivity index (χ1) is 11.2. The van der Waals surface area contributed by atoms with E-state index in [0.29, 0.717) is 32.5 Å². The van der Waals surface area contributed by atoms with Crippen LogP contribution in [0.25, 0.3) is 0 Å². The highest BCUT2D eigenvalue weighted by Gasteiger charge is 2.41. The van der Waals surface area contributed by atoms with Crippen LogP contribution in [0.2, 0.25) is 0 Å². The van der Waals surface area contributed by atoms with Crippen molar-refractivity contribution in [3.05, 3.63) is 0 Å². The molecular formula is C17H26N4O3. The molecule has 0 saturated carbocycles. The summed E-state index contributed by atoms with van der Waals surface area (Å²) >= 11 is 0. The molecule has 0 spiro atoms. The zero-order valence-corrected chi connectivity index (χ0v) is 14.7. The largest absolute Gasteiger partial charge is 0.352 e. The van der Waals surface area contributed by atoms with E-state index in [1.165, 1.54) is 0 Å². The van der Waals surface area contributed by atoms with Crippen molar-refractivity contribution in [3.63, 3.8) is 0 Å². The lowest BCUT2D eigenvalue weighted by atomic mass is 10.0. The SMILES string of the molecule is CC(C)(C)N1CC(C(=O)N2CCC(NC(=O)CC#N)CC2)CC1=O. The Kier molecular flexibility index (Phi) is 5.47. The molecular weight excluding hydrogens is 308 g/mol. The molecule has 2 rings (SSSR count). The molecule has 0 radical (unpaired) electrons. The number of nitrogens with one attached hydrogen (secondary N) is 1. The van der Waals surface area contributed by atoms with E-state index in [-0.39, 0.29) is 48.1 Å². The van der Waals surface area contributed by atoms with Gasteiger partial charge in [0.1, 0.15) is 6.42 Å². The van der Waals surface area contributed by atoms with Crippen LogP contribution in [-0.4, -0.2) is 58.7 Å². The van der Waals surface area contributed by atoms with Crippen molar-refractivity contribution in [1.82, 2.24) is 15.1 Å². The molecule has 2 fully saturated rings. The number of rotatable bonds is 3. The van der Waals surface area contributed by atoms with Gasteiger partial charge >= 0.3 is 0 Å². The molecule has 1 N–H and O–H groups in total. The number of carbonyl (C=O) groups is 3. The molecule has 24 heavy (non-hydrogen) atoms. The van der Waals surface area contributed by atoms with E-state index in [2.05, 4.69) is 5.32 Å². The molecule has 2 heterocycles. The highest BCUT2D eigenvalue weighted by atomic mass is 16.2. The Morgan fingerprint density at radius 2 is 1.92 bits per heavy atom. The molecule has 1 atom stereocenters. The number of piperidine rings is 1. The topological polar surface area (TPSA) is 93.5 Å². The van der Waals surface area contributed by atoms with Crippen LogP contribution in [0.3, 0.4) is 0 Å². The molecule has 132 valence electrons. The van der Waals surface area contributed by atoms with Gasteiger partial charge in [-0.1, -0.05) is 0 Å².